The van der Waals surface area contributed by atoms with E-state index in [0.29, 0.717) is 10.2 Å². The lowest BCUT2D eigenvalue weighted by molar-refractivity contribution is 0.473. The van der Waals surface area contributed by atoms with E-state index in [1.165, 1.54) is 0 Å². The second-order valence-corrected chi connectivity index (χ2v) is 6.02. The van der Waals surface area contributed by atoms with Gasteiger partial charge in [-0.05, 0) is 59.1 Å². The standard InChI is InChI=1S/C14H12Br2N2O/c1-8-3-4-9(2)12(5-8)17-18-13-7-10(15)6-11(16)14(13)19/h3-7,19H,1-2H3. The fourth-order valence-corrected chi connectivity index (χ4v) is 2.77. The Morgan fingerprint density at radius 3 is 2.37 bits per heavy atom. The zero-order chi connectivity index (χ0) is 14.0. The molecule has 0 aliphatic heterocycles. The predicted octanol–water partition coefficient (Wildman–Crippen LogP) is 5.95. The van der Waals surface area contributed by atoms with Crippen LogP contribution in [0.25, 0.3) is 0 Å². The molecular formula is C14H12Br2N2O. The van der Waals surface area contributed by atoms with Gasteiger partial charge in [0.05, 0.1) is 10.2 Å². The van der Waals surface area contributed by atoms with E-state index in [-0.39, 0.29) is 5.75 Å². The van der Waals surface area contributed by atoms with Crippen LogP contribution in [0.15, 0.2) is 49.5 Å². The van der Waals surface area contributed by atoms with E-state index >= 15 is 0 Å². The van der Waals surface area contributed by atoms with E-state index < -0.39 is 0 Å². The Balaban J connectivity index is 2.40. The molecule has 3 nitrogen and oxygen atoms in total. The molecule has 0 amide bonds. The van der Waals surface area contributed by atoms with E-state index in [0.717, 1.165) is 21.3 Å². The molecule has 0 aromatic heterocycles. The minimum absolute atomic E-state index is 0.0808. The Labute approximate surface area is 128 Å². The molecule has 1 N–H and O–H groups in total. The molecule has 0 radical (unpaired) electrons. The van der Waals surface area contributed by atoms with Gasteiger partial charge in [0, 0.05) is 4.47 Å². The number of phenolic OH excluding ortho intramolecular Hbond substituents is 1. The number of rotatable bonds is 2. The van der Waals surface area contributed by atoms with Gasteiger partial charge >= 0.3 is 0 Å². The minimum atomic E-state index is 0.0808. The summed E-state index contributed by atoms with van der Waals surface area (Å²) in [5, 5.41) is 18.2. The number of phenols is 1. The van der Waals surface area contributed by atoms with Crippen LogP contribution in [0.5, 0.6) is 5.75 Å². The number of azo groups is 1. The average Bonchev–Trinajstić information content (AvgIpc) is 2.35. The molecule has 0 saturated heterocycles. The zero-order valence-electron chi connectivity index (χ0n) is 10.5. The summed E-state index contributed by atoms with van der Waals surface area (Å²) in [7, 11) is 0. The number of aromatic hydroxyl groups is 1. The van der Waals surface area contributed by atoms with Gasteiger partial charge < -0.3 is 5.11 Å². The number of benzene rings is 2. The van der Waals surface area contributed by atoms with Gasteiger partial charge in [-0.1, -0.05) is 28.1 Å². The molecule has 2 rings (SSSR count). The molecule has 2 aromatic carbocycles. The Morgan fingerprint density at radius 2 is 1.63 bits per heavy atom. The molecule has 0 bridgehead atoms. The maximum atomic E-state index is 9.90. The molecule has 0 saturated carbocycles. The summed E-state index contributed by atoms with van der Waals surface area (Å²) < 4.78 is 1.41. The van der Waals surface area contributed by atoms with Gasteiger partial charge in [-0.2, -0.15) is 5.11 Å². The van der Waals surface area contributed by atoms with Crippen LogP contribution in [0, 0.1) is 13.8 Å². The Morgan fingerprint density at radius 1 is 0.947 bits per heavy atom. The van der Waals surface area contributed by atoms with Crippen LogP contribution in [0.1, 0.15) is 11.1 Å². The third kappa shape index (κ3) is 3.42. The predicted molar refractivity (Wildman–Crippen MR) is 83.6 cm³/mol. The molecule has 0 aliphatic rings. The monoisotopic (exact) mass is 382 g/mol. The lowest BCUT2D eigenvalue weighted by Crippen LogP contribution is -1.77. The number of hydrogen-bond donors (Lipinski definition) is 1. The first-order valence-corrected chi connectivity index (χ1v) is 7.23. The number of halogens is 2. The van der Waals surface area contributed by atoms with Crippen molar-refractivity contribution in [3.8, 4) is 5.75 Å². The van der Waals surface area contributed by atoms with E-state index in [4.69, 9.17) is 0 Å². The van der Waals surface area contributed by atoms with Gasteiger partial charge in [-0.3, -0.25) is 0 Å². The molecule has 0 aliphatic carbocycles. The Hall–Kier alpha value is -1.20. The van der Waals surface area contributed by atoms with Crippen LogP contribution in [-0.4, -0.2) is 5.11 Å². The minimum Gasteiger partial charge on any atom is -0.505 e. The highest BCUT2D eigenvalue weighted by molar-refractivity contribution is 9.11. The van der Waals surface area contributed by atoms with Crippen LogP contribution >= 0.6 is 31.9 Å². The van der Waals surface area contributed by atoms with E-state index in [1.807, 2.05) is 32.0 Å². The zero-order valence-corrected chi connectivity index (χ0v) is 13.7. The highest BCUT2D eigenvalue weighted by Crippen LogP contribution is 2.38. The summed E-state index contributed by atoms with van der Waals surface area (Å²) in [5.74, 6) is 0.0808. The fraction of sp³-hybridized carbons (Fsp3) is 0.143. The average molecular weight is 384 g/mol. The van der Waals surface area contributed by atoms with E-state index in [2.05, 4.69) is 42.1 Å². The van der Waals surface area contributed by atoms with Crippen molar-refractivity contribution in [2.24, 2.45) is 10.2 Å². The van der Waals surface area contributed by atoms with Gasteiger partial charge in [0.1, 0.15) is 5.69 Å². The summed E-state index contributed by atoms with van der Waals surface area (Å²) >= 11 is 6.62. The summed E-state index contributed by atoms with van der Waals surface area (Å²) in [4.78, 5) is 0. The molecule has 98 valence electrons. The number of aryl methyl sites for hydroxylation is 2. The molecule has 0 fully saturated rings. The van der Waals surface area contributed by atoms with Crippen molar-refractivity contribution in [1.82, 2.24) is 0 Å². The highest BCUT2D eigenvalue weighted by Gasteiger charge is 2.07. The van der Waals surface area contributed by atoms with E-state index in [1.54, 1.807) is 12.1 Å². The van der Waals surface area contributed by atoms with Crippen molar-refractivity contribution < 1.29 is 5.11 Å². The number of hydrogen-bond acceptors (Lipinski definition) is 3. The smallest absolute Gasteiger partial charge is 0.157 e. The maximum absolute atomic E-state index is 9.90. The number of nitrogens with zero attached hydrogens (tertiary/aromatic N) is 2. The second-order valence-electron chi connectivity index (χ2n) is 4.25. The first-order valence-electron chi connectivity index (χ1n) is 5.64. The van der Waals surface area contributed by atoms with Crippen molar-refractivity contribution in [2.45, 2.75) is 13.8 Å². The van der Waals surface area contributed by atoms with Crippen molar-refractivity contribution in [1.29, 1.82) is 0 Å². The molecule has 19 heavy (non-hydrogen) atoms. The second kappa shape index (κ2) is 5.84. The Kier molecular flexibility index (Phi) is 4.37. The largest absolute Gasteiger partial charge is 0.505 e. The van der Waals surface area contributed by atoms with Crippen LogP contribution in [0.3, 0.4) is 0 Å². The van der Waals surface area contributed by atoms with Crippen molar-refractivity contribution in [3.63, 3.8) is 0 Å². The maximum Gasteiger partial charge on any atom is 0.157 e. The lowest BCUT2D eigenvalue weighted by Gasteiger charge is -2.03. The summed E-state index contributed by atoms with van der Waals surface area (Å²) in [6.45, 7) is 3.98. The fourth-order valence-electron chi connectivity index (χ4n) is 1.56. The molecule has 0 heterocycles. The first kappa shape index (κ1) is 14.2. The van der Waals surface area contributed by atoms with E-state index in [9.17, 15) is 5.11 Å². The van der Waals surface area contributed by atoms with Gasteiger partial charge in [-0.15, -0.1) is 5.11 Å². The van der Waals surface area contributed by atoms with Crippen molar-refractivity contribution in [3.05, 3.63) is 50.4 Å². The molecule has 0 spiro atoms. The molecular weight excluding hydrogens is 372 g/mol. The van der Waals surface area contributed by atoms with Gasteiger partial charge in [0.2, 0.25) is 0 Å². The molecule has 2 aromatic rings. The summed E-state index contributed by atoms with van der Waals surface area (Å²) in [6, 6.07) is 9.46. The van der Waals surface area contributed by atoms with Gasteiger partial charge in [-0.25, -0.2) is 0 Å². The quantitative estimate of drug-likeness (QED) is 0.639. The summed E-state index contributed by atoms with van der Waals surface area (Å²) in [5.41, 5.74) is 3.39. The first-order chi connectivity index (χ1) is 8.97. The molecule has 0 unspecified atom stereocenters. The lowest BCUT2D eigenvalue weighted by atomic mass is 10.1. The molecule has 0 atom stereocenters. The third-order valence-corrected chi connectivity index (χ3v) is 3.70. The van der Waals surface area contributed by atoms with Crippen LogP contribution in [0.4, 0.5) is 11.4 Å². The summed E-state index contributed by atoms with van der Waals surface area (Å²) in [6.07, 6.45) is 0. The van der Waals surface area contributed by atoms with Crippen molar-refractivity contribution >= 4 is 43.2 Å². The van der Waals surface area contributed by atoms with Crippen LogP contribution in [-0.2, 0) is 0 Å². The van der Waals surface area contributed by atoms with Gasteiger partial charge in [0.15, 0.2) is 5.75 Å². The molecule has 5 heteroatoms. The van der Waals surface area contributed by atoms with Crippen LogP contribution in [0.2, 0.25) is 0 Å². The van der Waals surface area contributed by atoms with Gasteiger partial charge in [0.25, 0.3) is 0 Å². The van der Waals surface area contributed by atoms with Crippen molar-refractivity contribution in [2.75, 3.05) is 0 Å². The Bertz CT molecular complexity index is 654. The highest BCUT2D eigenvalue weighted by atomic mass is 79.9. The topological polar surface area (TPSA) is 45.0 Å². The third-order valence-electron chi connectivity index (χ3n) is 2.64. The normalized spacial score (nSPS) is 11.2. The van der Waals surface area contributed by atoms with Crippen LogP contribution < -0.4 is 0 Å². The SMILES string of the molecule is Cc1ccc(C)c(N=Nc2cc(Br)cc(Br)c2O)c1.